The SMILES string of the molecule is Cc1ccc(CNc2cccc3c(N=Nc4ccccc4)c[nH]c23)cc1. The fourth-order valence-corrected chi connectivity index (χ4v) is 2.88. The molecule has 0 saturated carbocycles. The lowest BCUT2D eigenvalue weighted by Crippen LogP contribution is -1.99. The molecule has 0 fully saturated rings. The van der Waals surface area contributed by atoms with Gasteiger partial charge in [-0.25, -0.2) is 0 Å². The van der Waals surface area contributed by atoms with E-state index in [2.05, 4.69) is 63.9 Å². The Balaban J connectivity index is 1.56. The molecule has 1 aromatic heterocycles. The van der Waals surface area contributed by atoms with E-state index in [1.807, 2.05) is 42.6 Å². The maximum Gasteiger partial charge on any atom is 0.111 e. The minimum Gasteiger partial charge on any atom is -0.379 e. The minimum absolute atomic E-state index is 0.777. The lowest BCUT2D eigenvalue weighted by Gasteiger charge is -2.08. The lowest BCUT2D eigenvalue weighted by molar-refractivity contribution is 1.15. The number of H-pyrrole nitrogens is 1. The van der Waals surface area contributed by atoms with Gasteiger partial charge in [-0.3, -0.25) is 0 Å². The van der Waals surface area contributed by atoms with Crippen LogP contribution in [0.3, 0.4) is 0 Å². The number of hydrogen-bond acceptors (Lipinski definition) is 3. The van der Waals surface area contributed by atoms with Gasteiger partial charge < -0.3 is 10.3 Å². The summed E-state index contributed by atoms with van der Waals surface area (Å²) in [6.45, 7) is 2.88. The van der Waals surface area contributed by atoms with Crippen molar-refractivity contribution in [1.82, 2.24) is 4.98 Å². The third-order valence-electron chi connectivity index (χ3n) is 4.33. The molecule has 0 radical (unpaired) electrons. The van der Waals surface area contributed by atoms with E-state index in [1.54, 1.807) is 0 Å². The van der Waals surface area contributed by atoms with Gasteiger partial charge in [0.05, 0.1) is 16.9 Å². The van der Waals surface area contributed by atoms with Crippen LogP contribution in [0.25, 0.3) is 10.9 Å². The van der Waals surface area contributed by atoms with Crippen molar-refractivity contribution in [1.29, 1.82) is 0 Å². The first-order valence-corrected chi connectivity index (χ1v) is 8.66. The second-order valence-electron chi connectivity index (χ2n) is 6.28. The van der Waals surface area contributed by atoms with Crippen LogP contribution in [0.1, 0.15) is 11.1 Å². The standard InChI is InChI=1S/C22H20N4/c1-16-10-12-17(13-11-16)14-23-20-9-5-8-19-21(15-24-22(19)20)26-25-18-6-3-2-4-7-18/h2-13,15,23-24H,14H2,1H3. The molecule has 0 spiro atoms. The number of benzene rings is 3. The topological polar surface area (TPSA) is 52.5 Å². The summed E-state index contributed by atoms with van der Waals surface area (Å²) in [5.74, 6) is 0. The van der Waals surface area contributed by atoms with Gasteiger partial charge in [0.25, 0.3) is 0 Å². The number of nitrogens with one attached hydrogen (secondary N) is 2. The lowest BCUT2D eigenvalue weighted by atomic mass is 10.1. The van der Waals surface area contributed by atoms with Crippen LogP contribution in [0.4, 0.5) is 17.1 Å². The Labute approximate surface area is 152 Å². The smallest absolute Gasteiger partial charge is 0.111 e. The van der Waals surface area contributed by atoms with Crippen LogP contribution >= 0.6 is 0 Å². The van der Waals surface area contributed by atoms with E-state index in [1.165, 1.54) is 11.1 Å². The second-order valence-corrected chi connectivity index (χ2v) is 6.28. The van der Waals surface area contributed by atoms with E-state index in [4.69, 9.17) is 0 Å². The van der Waals surface area contributed by atoms with Gasteiger partial charge in [0, 0.05) is 18.1 Å². The van der Waals surface area contributed by atoms with Gasteiger partial charge in [-0.1, -0.05) is 60.2 Å². The second kappa shape index (κ2) is 7.23. The molecule has 0 aliphatic carbocycles. The van der Waals surface area contributed by atoms with E-state index < -0.39 is 0 Å². The monoisotopic (exact) mass is 340 g/mol. The maximum atomic E-state index is 4.40. The van der Waals surface area contributed by atoms with Gasteiger partial charge >= 0.3 is 0 Å². The summed E-state index contributed by atoms with van der Waals surface area (Å²) in [6, 6.07) is 24.5. The van der Waals surface area contributed by atoms with Gasteiger partial charge in [0.2, 0.25) is 0 Å². The van der Waals surface area contributed by atoms with Crippen LogP contribution in [-0.2, 0) is 6.54 Å². The van der Waals surface area contributed by atoms with E-state index in [0.29, 0.717) is 0 Å². The van der Waals surface area contributed by atoms with E-state index in [-0.39, 0.29) is 0 Å². The van der Waals surface area contributed by atoms with Crippen LogP contribution in [-0.4, -0.2) is 4.98 Å². The molecule has 0 unspecified atom stereocenters. The van der Waals surface area contributed by atoms with Crippen molar-refractivity contribution >= 4 is 28.0 Å². The molecule has 0 aliphatic heterocycles. The summed E-state index contributed by atoms with van der Waals surface area (Å²) in [5, 5.41) is 13.3. The van der Waals surface area contributed by atoms with Crippen molar-refractivity contribution in [3.63, 3.8) is 0 Å². The fourth-order valence-electron chi connectivity index (χ4n) is 2.88. The van der Waals surface area contributed by atoms with E-state index in [9.17, 15) is 0 Å². The van der Waals surface area contributed by atoms with Crippen molar-refractivity contribution in [2.75, 3.05) is 5.32 Å². The third-order valence-corrected chi connectivity index (χ3v) is 4.33. The number of azo groups is 1. The van der Waals surface area contributed by atoms with Crippen molar-refractivity contribution in [3.8, 4) is 0 Å². The van der Waals surface area contributed by atoms with Crippen LogP contribution in [0.5, 0.6) is 0 Å². The van der Waals surface area contributed by atoms with E-state index >= 15 is 0 Å². The quantitative estimate of drug-likeness (QED) is 0.400. The first kappa shape index (κ1) is 16.1. The zero-order valence-electron chi connectivity index (χ0n) is 14.6. The van der Waals surface area contributed by atoms with E-state index in [0.717, 1.165) is 34.5 Å². The molecular formula is C22H20N4. The summed E-state index contributed by atoms with van der Waals surface area (Å²) in [4.78, 5) is 3.32. The number of aromatic nitrogens is 1. The normalized spacial score (nSPS) is 11.3. The molecule has 4 heteroatoms. The molecule has 0 atom stereocenters. The zero-order valence-corrected chi connectivity index (χ0v) is 14.6. The zero-order chi connectivity index (χ0) is 17.8. The van der Waals surface area contributed by atoms with Gasteiger partial charge in [-0.15, -0.1) is 5.11 Å². The number of aryl methyl sites for hydroxylation is 1. The third kappa shape index (κ3) is 3.49. The Kier molecular flexibility index (Phi) is 4.48. The summed E-state index contributed by atoms with van der Waals surface area (Å²) < 4.78 is 0. The minimum atomic E-state index is 0.777. The van der Waals surface area contributed by atoms with Crippen LogP contribution in [0.15, 0.2) is 89.2 Å². The molecule has 1 heterocycles. The Morgan fingerprint density at radius 2 is 1.65 bits per heavy atom. The van der Waals surface area contributed by atoms with Crippen molar-refractivity contribution < 1.29 is 0 Å². The molecule has 0 saturated heterocycles. The Morgan fingerprint density at radius 3 is 2.46 bits per heavy atom. The van der Waals surface area contributed by atoms with Crippen molar-refractivity contribution in [2.45, 2.75) is 13.5 Å². The highest BCUT2D eigenvalue weighted by molar-refractivity contribution is 5.98. The molecule has 0 amide bonds. The first-order chi connectivity index (χ1) is 12.8. The van der Waals surface area contributed by atoms with Gasteiger partial charge in [-0.05, 0) is 30.7 Å². The average molecular weight is 340 g/mol. The fraction of sp³-hybridized carbons (Fsp3) is 0.0909. The van der Waals surface area contributed by atoms with Crippen molar-refractivity contribution in [3.05, 3.63) is 90.1 Å². The average Bonchev–Trinajstić information content (AvgIpc) is 3.10. The van der Waals surface area contributed by atoms with Gasteiger partial charge in [-0.2, -0.15) is 5.11 Å². The molecule has 2 N–H and O–H groups in total. The van der Waals surface area contributed by atoms with Gasteiger partial charge in [0.15, 0.2) is 0 Å². The highest BCUT2D eigenvalue weighted by Crippen LogP contribution is 2.32. The van der Waals surface area contributed by atoms with Crippen LogP contribution in [0, 0.1) is 6.92 Å². The Bertz CT molecular complexity index is 1030. The molecular weight excluding hydrogens is 320 g/mol. The molecule has 26 heavy (non-hydrogen) atoms. The molecule has 0 bridgehead atoms. The molecule has 4 nitrogen and oxygen atoms in total. The molecule has 4 rings (SSSR count). The molecule has 3 aromatic carbocycles. The van der Waals surface area contributed by atoms with Crippen molar-refractivity contribution in [2.24, 2.45) is 10.2 Å². The summed E-state index contributed by atoms with van der Waals surface area (Å²) >= 11 is 0. The number of nitrogens with zero attached hydrogens (tertiary/aromatic N) is 2. The summed E-state index contributed by atoms with van der Waals surface area (Å²) in [6.07, 6.45) is 1.90. The number of fused-ring (bicyclic) bond motifs is 1. The molecule has 4 aromatic rings. The number of aromatic amines is 1. The predicted octanol–water partition coefficient (Wildman–Crippen LogP) is 6.50. The highest BCUT2D eigenvalue weighted by atomic mass is 15.1. The predicted molar refractivity (Wildman–Crippen MR) is 107 cm³/mol. The summed E-state index contributed by atoms with van der Waals surface area (Å²) in [5.41, 5.74) is 6.31. The Hall–Kier alpha value is -3.40. The Morgan fingerprint density at radius 1 is 0.846 bits per heavy atom. The number of rotatable bonds is 5. The number of hydrogen-bond donors (Lipinski definition) is 2. The summed E-state index contributed by atoms with van der Waals surface area (Å²) in [7, 11) is 0. The largest absolute Gasteiger partial charge is 0.379 e. The highest BCUT2D eigenvalue weighted by Gasteiger charge is 2.07. The van der Waals surface area contributed by atoms with Gasteiger partial charge in [0.1, 0.15) is 5.69 Å². The van der Waals surface area contributed by atoms with Crippen LogP contribution in [0.2, 0.25) is 0 Å². The molecule has 0 aliphatic rings. The number of anilines is 1. The number of para-hydroxylation sites is 1. The maximum absolute atomic E-state index is 4.40. The first-order valence-electron chi connectivity index (χ1n) is 8.66. The van der Waals surface area contributed by atoms with Crippen LogP contribution < -0.4 is 5.32 Å². The molecule has 128 valence electrons.